The Labute approximate surface area is 229 Å². The van der Waals surface area contributed by atoms with E-state index in [2.05, 4.69) is 19.1 Å². The largest absolute Gasteiger partial charge is 1.00 e. The number of ether oxygens (including phenoxy) is 4. The van der Waals surface area contributed by atoms with Gasteiger partial charge >= 0.3 is 29.6 Å². The Morgan fingerprint density at radius 2 is 1.21 bits per heavy atom. The second kappa shape index (κ2) is 23.2. The first-order valence-electron chi connectivity index (χ1n) is 12.4. The molecule has 1 aromatic carbocycles. The number of hydrogen-bond donors (Lipinski definition) is 1. The Kier molecular flexibility index (Phi) is 23.1. The minimum Gasteiger partial charge on any atom is -0.491 e. The molecule has 1 rings (SSSR count). The maximum absolute atomic E-state index is 10.6. The Balaban J connectivity index is 0.0000109. The molecular weight excluding hydrogens is 467 g/mol. The molecule has 1 aromatic rings. The molecule has 0 radical (unpaired) electrons. The molecule has 0 bridgehead atoms. The SMILES string of the molecule is CCCCCCCCCc1ccc(OCCOCCOCCOCCCCS(=O)(=O)O)cc1.[Na+]. The number of rotatable bonds is 23. The van der Waals surface area contributed by atoms with Crippen molar-refractivity contribution in [1.82, 2.24) is 0 Å². The van der Waals surface area contributed by atoms with Crippen molar-refractivity contribution >= 4 is 10.1 Å². The average Bonchev–Trinajstić information content (AvgIpc) is 2.79. The quantitative estimate of drug-likeness (QED) is 0.137. The Morgan fingerprint density at radius 1 is 0.676 bits per heavy atom. The van der Waals surface area contributed by atoms with Crippen LogP contribution in [0.25, 0.3) is 0 Å². The molecule has 0 atom stereocenters. The van der Waals surface area contributed by atoms with Gasteiger partial charge < -0.3 is 18.9 Å². The van der Waals surface area contributed by atoms with E-state index in [9.17, 15) is 8.42 Å². The maximum atomic E-state index is 10.6. The zero-order chi connectivity index (χ0) is 24.0. The third-order valence-corrected chi connectivity index (χ3v) is 5.98. The van der Waals surface area contributed by atoms with Crippen LogP contribution in [0.15, 0.2) is 24.3 Å². The van der Waals surface area contributed by atoms with Gasteiger partial charge in [0.1, 0.15) is 12.4 Å². The Hall–Kier alpha value is -0.190. The summed E-state index contributed by atoms with van der Waals surface area (Å²) in [6.45, 7) is 5.61. The number of aryl methyl sites for hydroxylation is 1. The smallest absolute Gasteiger partial charge is 0.491 e. The van der Waals surface area contributed by atoms with Crippen LogP contribution in [0.5, 0.6) is 5.75 Å². The fourth-order valence-electron chi connectivity index (χ4n) is 3.29. The fraction of sp³-hybridized carbons (Fsp3) is 0.760. The summed E-state index contributed by atoms with van der Waals surface area (Å²) in [5, 5.41) is 0. The summed E-state index contributed by atoms with van der Waals surface area (Å²) in [5.41, 5.74) is 1.37. The van der Waals surface area contributed by atoms with Crippen molar-refractivity contribution in [2.75, 3.05) is 52.0 Å². The maximum Gasteiger partial charge on any atom is 1.00 e. The predicted octanol–water partition coefficient (Wildman–Crippen LogP) is 2.08. The molecule has 0 unspecified atom stereocenters. The minimum absolute atomic E-state index is 0. The summed E-state index contributed by atoms with van der Waals surface area (Å²) in [6.07, 6.45) is 11.4. The van der Waals surface area contributed by atoms with Crippen molar-refractivity contribution in [1.29, 1.82) is 0 Å². The van der Waals surface area contributed by atoms with E-state index in [1.807, 2.05) is 12.1 Å². The van der Waals surface area contributed by atoms with Crippen LogP contribution in [0.4, 0.5) is 0 Å². The molecule has 9 heteroatoms. The van der Waals surface area contributed by atoms with Crippen LogP contribution in [0.2, 0.25) is 0 Å². The monoisotopic (exact) mass is 511 g/mol. The van der Waals surface area contributed by atoms with Crippen molar-refractivity contribution in [3.8, 4) is 5.75 Å². The zero-order valence-corrected chi connectivity index (χ0v) is 24.2. The number of unbranched alkanes of at least 4 members (excludes halogenated alkanes) is 7. The molecule has 0 spiro atoms. The van der Waals surface area contributed by atoms with Gasteiger partial charge in [-0.1, -0.05) is 57.6 Å². The summed E-state index contributed by atoms with van der Waals surface area (Å²) >= 11 is 0. The minimum atomic E-state index is -3.87. The molecule has 0 saturated carbocycles. The molecule has 0 aromatic heterocycles. The third kappa shape index (κ3) is 22.3. The number of hydrogen-bond acceptors (Lipinski definition) is 6. The van der Waals surface area contributed by atoms with Crippen LogP contribution in [0, 0.1) is 0 Å². The van der Waals surface area contributed by atoms with E-state index in [0.29, 0.717) is 59.1 Å². The van der Waals surface area contributed by atoms with Gasteiger partial charge in [0.05, 0.1) is 38.8 Å². The Morgan fingerprint density at radius 3 is 1.79 bits per heavy atom. The summed E-state index contributed by atoms with van der Waals surface area (Å²) in [7, 11) is -3.87. The molecule has 0 fully saturated rings. The molecule has 0 aliphatic rings. The van der Waals surface area contributed by atoms with Crippen LogP contribution in [-0.4, -0.2) is 65.0 Å². The van der Waals surface area contributed by atoms with Crippen LogP contribution in [0.1, 0.15) is 70.3 Å². The van der Waals surface area contributed by atoms with E-state index in [1.165, 1.54) is 50.5 Å². The number of benzene rings is 1. The van der Waals surface area contributed by atoms with E-state index >= 15 is 0 Å². The van der Waals surface area contributed by atoms with Gasteiger partial charge in [-0.3, -0.25) is 4.55 Å². The molecule has 0 amide bonds. The first-order chi connectivity index (χ1) is 16.0. The first-order valence-corrected chi connectivity index (χ1v) is 14.0. The summed E-state index contributed by atoms with van der Waals surface area (Å²) < 4.78 is 51.7. The van der Waals surface area contributed by atoms with Crippen LogP contribution in [0.3, 0.4) is 0 Å². The standard InChI is InChI=1S/C25H44O7S.Na/c1-2-3-4-5-6-7-8-11-24-12-14-25(15-13-24)32-22-21-31-20-19-30-18-17-29-16-9-10-23-33(26,27)28;/h12-15H,2-11,16-23H2,1H3,(H,26,27,28);/q;+1. The normalized spacial score (nSPS) is 11.4. The van der Waals surface area contributed by atoms with Gasteiger partial charge in [0, 0.05) is 6.61 Å². The topological polar surface area (TPSA) is 91.3 Å². The van der Waals surface area contributed by atoms with Crippen molar-refractivity contribution in [3.63, 3.8) is 0 Å². The summed E-state index contributed by atoms with van der Waals surface area (Å²) in [4.78, 5) is 0. The van der Waals surface area contributed by atoms with Gasteiger partial charge in [0.25, 0.3) is 10.1 Å². The van der Waals surface area contributed by atoms with Crippen LogP contribution >= 0.6 is 0 Å². The van der Waals surface area contributed by atoms with E-state index in [4.69, 9.17) is 23.5 Å². The Bertz CT molecular complexity index is 668. The molecule has 34 heavy (non-hydrogen) atoms. The van der Waals surface area contributed by atoms with E-state index < -0.39 is 10.1 Å². The molecule has 0 aliphatic heterocycles. The van der Waals surface area contributed by atoms with Gasteiger partial charge in [0.2, 0.25) is 0 Å². The van der Waals surface area contributed by atoms with Gasteiger partial charge in [-0.05, 0) is 43.4 Å². The van der Waals surface area contributed by atoms with Crippen molar-refractivity contribution in [2.24, 2.45) is 0 Å². The molecule has 192 valence electrons. The van der Waals surface area contributed by atoms with Crippen LogP contribution < -0.4 is 34.3 Å². The van der Waals surface area contributed by atoms with E-state index in [-0.39, 0.29) is 35.3 Å². The van der Waals surface area contributed by atoms with Crippen LogP contribution in [-0.2, 0) is 30.7 Å². The summed E-state index contributed by atoms with van der Waals surface area (Å²) in [5.74, 6) is 0.644. The van der Waals surface area contributed by atoms with E-state index in [1.54, 1.807) is 0 Å². The third-order valence-electron chi connectivity index (χ3n) is 5.17. The van der Waals surface area contributed by atoms with Crippen molar-refractivity contribution in [2.45, 2.75) is 71.1 Å². The molecule has 0 aliphatic carbocycles. The molecule has 0 heterocycles. The summed E-state index contributed by atoms with van der Waals surface area (Å²) in [6, 6.07) is 8.36. The van der Waals surface area contributed by atoms with E-state index in [0.717, 1.165) is 12.2 Å². The van der Waals surface area contributed by atoms with Crippen molar-refractivity contribution < 1.29 is 61.5 Å². The molecule has 0 saturated heterocycles. The average molecular weight is 512 g/mol. The zero-order valence-electron chi connectivity index (χ0n) is 21.3. The molecule has 1 N–H and O–H groups in total. The molecule has 7 nitrogen and oxygen atoms in total. The predicted molar refractivity (Wildman–Crippen MR) is 132 cm³/mol. The fourth-order valence-corrected chi connectivity index (χ4v) is 3.86. The first kappa shape index (κ1) is 33.8. The van der Waals surface area contributed by atoms with Gasteiger partial charge in [-0.25, -0.2) is 0 Å². The second-order valence-electron chi connectivity index (χ2n) is 8.19. The second-order valence-corrected chi connectivity index (χ2v) is 9.77. The van der Waals surface area contributed by atoms with Gasteiger partial charge in [0.15, 0.2) is 0 Å². The van der Waals surface area contributed by atoms with Gasteiger partial charge in [-0.2, -0.15) is 8.42 Å². The molecular formula is C25H44NaO7S+. The van der Waals surface area contributed by atoms with Gasteiger partial charge in [-0.15, -0.1) is 0 Å². The van der Waals surface area contributed by atoms with Crippen molar-refractivity contribution in [3.05, 3.63) is 29.8 Å².